The number of ether oxygens (including phenoxy) is 1. The SMILES string of the molecule is CC(=O)Oc1ccc(CC(=O)c2ccc(Cl)nc2)cc1. The van der Waals surface area contributed by atoms with Crippen molar-refractivity contribution in [2.45, 2.75) is 13.3 Å². The highest BCUT2D eigenvalue weighted by molar-refractivity contribution is 6.29. The van der Waals surface area contributed by atoms with Crippen LogP contribution in [0.5, 0.6) is 5.75 Å². The zero-order valence-electron chi connectivity index (χ0n) is 10.8. The minimum Gasteiger partial charge on any atom is -0.427 e. The lowest BCUT2D eigenvalue weighted by molar-refractivity contribution is -0.131. The largest absolute Gasteiger partial charge is 0.427 e. The van der Waals surface area contributed by atoms with Crippen molar-refractivity contribution in [2.75, 3.05) is 0 Å². The Morgan fingerprint density at radius 3 is 2.40 bits per heavy atom. The first-order valence-corrected chi connectivity index (χ1v) is 6.34. The molecule has 4 nitrogen and oxygen atoms in total. The second-order valence-electron chi connectivity index (χ2n) is 4.21. The van der Waals surface area contributed by atoms with Gasteiger partial charge in [0.2, 0.25) is 0 Å². The predicted molar refractivity (Wildman–Crippen MR) is 75.0 cm³/mol. The molecule has 5 heteroatoms. The first-order valence-electron chi connectivity index (χ1n) is 5.97. The lowest BCUT2D eigenvalue weighted by atomic mass is 10.0. The van der Waals surface area contributed by atoms with Crippen LogP contribution < -0.4 is 4.74 Å². The summed E-state index contributed by atoms with van der Waals surface area (Å²) < 4.78 is 4.92. The van der Waals surface area contributed by atoms with Gasteiger partial charge < -0.3 is 4.74 Å². The zero-order chi connectivity index (χ0) is 14.5. The Morgan fingerprint density at radius 2 is 1.85 bits per heavy atom. The van der Waals surface area contributed by atoms with E-state index in [0.29, 0.717) is 16.5 Å². The number of halogens is 1. The number of hydrogen-bond donors (Lipinski definition) is 0. The van der Waals surface area contributed by atoms with Crippen molar-refractivity contribution in [3.8, 4) is 5.75 Å². The Morgan fingerprint density at radius 1 is 1.15 bits per heavy atom. The number of carbonyl (C=O) groups excluding carboxylic acids is 2. The fourth-order valence-corrected chi connectivity index (χ4v) is 1.78. The summed E-state index contributed by atoms with van der Waals surface area (Å²) in [5, 5.41) is 0.354. The number of ketones is 1. The average Bonchev–Trinajstić information content (AvgIpc) is 2.41. The fraction of sp³-hybridized carbons (Fsp3) is 0.133. The molecule has 0 fully saturated rings. The third-order valence-electron chi connectivity index (χ3n) is 2.60. The molecule has 102 valence electrons. The Bertz CT molecular complexity index is 621. The highest BCUT2D eigenvalue weighted by Crippen LogP contribution is 2.14. The van der Waals surface area contributed by atoms with Crippen LogP contribution in [0.3, 0.4) is 0 Å². The molecule has 0 spiro atoms. The molecule has 0 aliphatic carbocycles. The maximum absolute atomic E-state index is 12.0. The van der Waals surface area contributed by atoms with Crippen molar-refractivity contribution in [2.24, 2.45) is 0 Å². The van der Waals surface area contributed by atoms with Gasteiger partial charge in [-0.25, -0.2) is 4.98 Å². The number of benzene rings is 1. The van der Waals surface area contributed by atoms with Gasteiger partial charge in [-0.05, 0) is 29.8 Å². The summed E-state index contributed by atoms with van der Waals surface area (Å²) in [6.07, 6.45) is 1.71. The average molecular weight is 290 g/mol. The molecule has 1 aromatic heterocycles. The smallest absolute Gasteiger partial charge is 0.308 e. The third kappa shape index (κ3) is 3.90. The van der Waals surface area contributed by atoms with E-state index in [1.807, 2.05) is 0 Å². The molecule has 0 radical (unpaired) electrons. The van der Waals surface area contributed by atoms with Crippen LogP contribution >= 0.6 is 11.6 Å². The molecule has 0 atom stereocenters. The maximum Gasteiger partial charge on any atom is 0.308 e. The van der Waals surface area contributed by atoms with E-state index in [1.54, 1.807) is 36.4 Å². The Labute approximate surface area is 121 Å². The number of aromatic nitrogens is 1. The third-order valence-corrected chi connectivity index (χ3v) is 2.82. The fourth-order valence-electron chi connectivity index (χ4n) is 1.67. The van der Waals surface area contributed by atoms with Crippen molar-refractivity contribution >= 4 is 23.4 Å². The van der Waals surface area contributed by atoms with Crippen LogP contribution in [-0.4, -0.2) is 16.7 Å². The molecule has 0 aliphatic heterocycles. The molecule has 20 heavy (non-hydrogen) atoms. The summed E-state index contributed by atoms with van der Waals surface area (Å²) in [5.74, 6) is 0.0392. The highest BCUT2D eigenvalue weighted by Gasteiger charge is 2.08. The molecule has 0 bridgehead atoms. The molecule has 0 amide bonds. The van der Waals surface area contributed by atoms with Crippen LogP contribution in [-0.2, 0) is 11.2 Å². The van der Waals surface area contributed by atoms with Gasteiger partial charge in [0.05, 0.1) is 0 Å². The van der Waals surface area contributed by atoms with Gasteiger partial charge in [-0.2, -0.15) is 0 Å². The Kier molecular flexibility index (Phi) is 4.48. The van der Waals surface area contributed by atoms with Gasteiger partial charge >= 0.3 is 5.97 Å². The maximum atomic E-state index is 12.0. The van der Waals surface area contributed by atoms with Crippen molar-refractivity contribution in [3.63, 3.8) is 0 Å². The van der Waals surface area contributed by atoms with E-state index in [2.05, 4.69) is 4.98 Å². The number of hydrogen-bond acceptors (Lipinski definition) is 4. The second-order valence-corrected chi connectivity index (χ2v) is 4.59. The molecule has 0 unspecified atom stereocenters. The summed E-state index contributed by atoms with van der Waals surface area (Å²) in [7, 11) is 0. The van der Waals surface area contributed by atoms with Gasteiger partial charge in [-0.15, -0.1) is 0 Å². The van der Waals surface area contributed by atoms with Crippen molar-refractivity contribution in [1.82, 2.24) is 4.98 Å². The summed E-state index contributed by atoms with van der Waals surface area (Å²) >= 11 is 5.67. The van der Waals surface area contributed by atoms with Crippen LogP contribution in [0.2, 0.25) is 5.15 Å². The van der Waals surface area contributed by atoms with E-state index >= 15 is 0 Å². The van der Waals surface area contributed by atoms with Crippen LogP contribution in [0.4, 0.5) is 0 Å². The van der Waals surface area contributed by atoms with Crippen molar-refractivity contribution in [3.05, 3.63) is 58.9 Å². The van der Waals surface area contributed by atoms with Crippen LogP contribution in [0.25, 0.3) is 0 Å². The number of rotatable bonds is 4. The summed E-state index contributed by atoms with van der Waals surface area (Å²) in [5.41, 5.74) is 1.35. The molecule has 0 saturated carbocycles. The molecule has 0 aliphatic rings. The van der Waals surface area contributed by atoms with Gasteiger partial charge in [0.1, 0.15) is 10.9 Å². The molecular formula is C15H12ClNO3. The first-order chi connectivity index (χ1) is 9.54. The lowest BCUT2D eigenvalue weighted by Gasteiger charge is -2.04. The van der Waals surface area contributed by atoms with E-state index in [1.165, 1.54) is 13.1 Å². The molecule has 2 aromatic rings. The molecule has 1 aromatic carbocycles. The zero-order valence-corrected chi connectivity index (χ0v) is 11.6. The van der Waals surface area contributed by atoms with Crippen molar-refractivity contribution in [1.29, 1.82) is 0 Å². The summed E-state index contributed by atoms with van der Waals surface area (Å²) in [6, 6.07) is 10.0. The number of esters is 1. The molecular weight excluding hydrogens is 278 g/mol. The normalized spacial score (nSPS) is 10.1. The van der Waals surface area contributed by atoms with E-state index in [4.69, 9.17) is 16.3 Å². The van der Waals surface area contributed by atoms with Crippen LogP contribution in [0.15, 0.2) is 42.6 Å². The van der Waals surface area contributed by atoms with E-state index in [0.717, 1.165) is 5.56 Å². The monoisotopic (exact) mass is 289 g/mol. The predicted octanol–water partition coefficient (Wildman–Crippen LogP) is 3.09. The van der Waals surface area contributed by atoms with Gasteiger partial charge in [0.15, 0.2) is 5.78 Å². The molecule has 0 saturated heterocycles. The Hall–Kier alpha value is -2.20. The summed E-state index contributed by atoms with van der Waals surface area (Å²) in [6.45, 7) is 1.34. The Balaban J connectivity index is 2.04. The molecule has 0 N–H and O–H groups in total. The number of pyridine rings is 1. The quantitative estimate of drug-likeness (QED) is 0.376. The van der Waals surface area contributed by atoms with Crippen molar-refractivity contribution < 1.29 is 14.3 Å². The van der Waals surface area contributed by atoms with Gasteiger partial charge in [-0.3, -0.25) is 9.59 Å². The number of nitrogens with zero attached hydrogens (tertiary/aromatic N) is 1. The summed E-state index contributed by atoms with van der Waals surface area (Å²) in [4.78, 5) is 26.7. The lowest BCUT2D eigenvalue weighted by Crippen LogP contribution is -2.04. The molecule has 2 rings (SSSR count). The molecule has 1 heterocycles. The number of carbonyl (C=O) groups is 2. The van der Waals surface area contributed by atoms with Gasteiger partial charge in [0.25, 0.3) is 0 Å². The number of Topliss-reactive ketones (excluding diaryl/α,β-unsaturated/α-hetero) is 1. The van der Waals surface area contributed by atoms with Crippen LogP contribution in [0, 0.1) is 0 Å². The topological polar surface area (TPSA) is 56.3 Å². The first kappa shape index (κ1) is 14.2. The van der Waals surface area contributed by atoms with E-state index in [9.17, 15) is 9.59 Å². The van der Waals surface area contributed by atoms with Gasteiger partial charge in [0, 0.05) is 25.1 Å². The standard InChI is InChI=1S/C15H12ClNO3/c1-10(18)20-13-5-2-11(3-6-13)8-14(19)12-4-7-15(16)17-9-12/h2-7,9H,8H2,1H3. The minimum atomic E-state index is -0.374. The van der Waals surface area contributed by atoms with Gasteiger partial charge in [-0.1, -0.05) is 23.7 Å². The van der Waals surface area contributed by atoms with Crippen LogP contribution in [0.1, 0.15) is 22.8 Å². The highest BCUT2D eigenvalue weighted by atomic mass is 35.5. The second kappa shape index (κ2) is 6.30. The minimum absolute atomic E-state index is 0.0468. The van der Waals surface area contributed by atoms with E-state index < -0.39 is 0 Å². The van der Waals surface area contributed by atoms with E-state index in [-0.39, 0.29) is 18.2 Å².